The van der Waals surface area contributed by atoms with Crippen molar-refractivity contribution in [1.29, 1.82) is 0 Å². The molecule has 1 aliphatic rings. The summed E-state index contributed by atoms with van der Waals surface area (Å²) in [6.07, 6.45) is 0.269. The fourth-order valence-corrected chi connectivity index (χ4v) is 3.06. The lowest BCUT2D eigenvalue weighted by molar-refractivity contribution is -0.117. The minimum atomic E-state index is -0.313. The van der Waals surface area contributed by atoms with Gasteiger partial charge < -0.3 is 20.3 Å². The second-order valence-electron chi connectivity index (χ2n) is 6.02. The van der Waals surface area contributed by atoms with E-state index in [9.17, 15) is 9.59 Å². The van der Waals surface area contributed by atoms with Crippen LogP contribution < -0.4 is 20.3 Å². The summed E-state index contributed by atoms with van der Waals surface area (Å²) in [5.74, 6) is 0.695. The molecule has 1 aliphatic heterocycles. The van der Waals surface area contributed by atoms with Crippen LogP contribution in [0.25, 0.3) is 0 Å². The topological polar surface area (TPSA) is 70.7 Å². The average molecular weight is 374 g/mol. The molecule has 6 nitrogen and oxygen atoms in total. The van der Waals surface area contributed by atoms with E-state index < -0.39 is 0 Å². The Balaban J connectivity index is 1.53. The van der Waals surface area contributed by atoms with E-state index in [4.69, 9.17) is 16.3 Å². The van der Waals surface area contributed by atoms with Crippen LogP contribution in [0.3, 0.4) is 0 Å². The summed E-state index contributed by atoms with van der Waals surface area (Å²) in [6.45, 7) is 0.778. The average Bonchev–Trinajstić information content (AvgIpc) is 3.01. The molecule has 26 heavy (non-hydrogen) atoms. The molecule has 0 saturated carbocycles. The maximum atomic E-state index is 12.2. The summed E-state index contributed by atoms with van der Waals surface area (Å²) in [5.41, 5.74) is 1.66. The third kappa shape index (κ3) is 4.26. The molecule has 1 atom stereocenters. The quantitative estimate of drug-likeness (QED) is 0.846. The number of amides is 3. The summed E-state index contributed by atoms with van der Waals surface area (Å²) in [4.78, 5) is 26.0. The number of halogens is 1. The zero-order chi connectivity index (χ0) is 18.5. The Morgan fingerprint density at radius 2 is 1.96 bits per heavy atom. The van der Waals surface area contributed by atoms with Crippen molar-refractivity contribution in [2.75, 3.05) is 18.6 Å². The maximum Gasteiger partial charge on any atom is 0.315 e. The molecule has 3 amide bonds. The molecule has 2 aromatic rings. The first kappa shape index (κ1) is 18.1. The van der Waals surface area contributed by atoms with E-state index in [1.54, 1.807) is 36.3 Å². The van der Waals surface area contributed by atoms with Gasteiger partial charge in [-0.15, -0.1) is 0 Å². The Morgan fingerprint density at radius 1 is 1.23 bits per heavy atom. The zero-order valence-corrected chi connectivity index (χ0v) is 15.1. The SMILES string of the molecule is COc1ccccc1CNC(=O)N[C@@H]1CC(=O)N(c2ccc(Cl)cc2)C1. The van der Waals surface area contributed by atoms with Gasteiger partial charge in [-0.2, -0.15) is 0 Å². The second kappa shape index (κ2) is 8.10. The highest BCUT2D eigenvalue weighted by atomic mass is 35.5. The molecule has 1 heterocycles. The van der Waals surface area contributed by atoms with Gasteiger partial charge in [0.2, 0.25) is 5.91 Å². The van der Waals surface area contributed by atoms with Crippen molar-refractivity contribution in [3.8, 4) is 5.75 Å². The molecule has 0 bridgehead atoms. The maximum absolute atomic E-state index is 12.2. The number of anilines is 1. The molecule has 0 aliphatic carbocycles. The summed E-state index contributed by atoms with van der Waals surface area (Å²) < 4.78 is 5.26. The van der Waals surface area contributed by atoms with E-state index >= 15 is 0 Å². The van der Waals surface area contributed by atoms with Crippen molar-refractivity contribution in [3.63, 3.8) is 0 Å². The highest BCUT2D eigenvalue weighted by Crippen LogP contribution is 2.23. The number of ether oxygens (including phenoxy) is 1. The number of benzene rings is 2. The minimum absolute atomic E-state index is 0.0256. The Bertz CT molecular complexity index is 795. The number of carbonyl (C=O) groups is 2. The van der Waals surface area contributed by atoms with Crippen LogP contribution in [-0.4, -0.2) is 31.6 Å². The van der Waals surface area contributed by atoms with Crippen LogP contribution in [0.1, 0.15) is 12.0 Å². The summed E-state index contributed by atoms with van der Waals surface area (Å²) >= 11 is 5.88. The summed E-state index contributed by atoms with van der Waals surface area (Å²) in [7, 11) is 1.59. The van der Waals surface area contributed by atoms with Crippen molar-refractivity contribution in [2.24, 2.45) is 0 Å². The van der Waals surface area contributed by atoms with Crippen LogP contribution in [0.2, 0.25) is 5.02 Å². The van der Waals surface area contributed by atoms with E-state index in [0.29, 0.717) is 18.1 Å². The van der Waals surface area contributed by atoms with Gasteiger partial charge in [-0.25, -0.2) is 4.79 Å². The molecule has 2 N–H and O–H groups in total. The normalized spacial score (nSPS) is 16.5. The van der Waals surface area contributed by atoms with Gasteiger partial charge in [-0.05, 0) is 30.3 Å². The number of carbonyl (C=O) groups excluding carboxylic acids is 2. The van der Waals surface area contributed by atoms with Crippen molar-refractivity contribution in [1.82, 2.24) is 10.6 Å². The van der Waals surface area contributed by atoms with E-state index in [1.807, 2.05) is 24.3 Å². The molecular weight excluding hydrogens is 354 g/mol. The summed E-state index contributed by atoms with van der Waals surface area (Å²) in [6, 6.07) is 14.0. The predicted octanol–water partition coefficient (Wildman–Crippen LogP) is 2.95. The van der Waals surface area contributed by atoms with Crippen LogP contribution >= 0.6 is 11.6 Å². The molecular formula is C19H20ClN3O3. The van der Waals surface area contributed by atoms with E-state index in [1.165, 1.54) is 0 Å². The minimum Gasteiger partial charge on any atom is -0.496 e. The molecule has 0 unspecified atom stereocenters. The van der Waals surface area contributed by atoms with Crippen LogP contribution in [0, 0.1) is 0 Å². The molecule has 0 spiro atoms. The number of nitrogens with one attached hydrogen (secondary N) is 2. The van der Waals surface area contributed by atoms with Gasteiger partial charge in [0.25, 0.3) is 0 Å². The van der Waals surface area contributed by atoms with Crippen molar-refractivity contribution < 1.29 is 14.3 Å². The Kier molecular flexibility index (Phi) is 5.63. The van der Waals surface area contributed by atoms with Crippen LogP contribution in [0.15, 0.2) is 48.5 Å². The molecule has 136 valence electrons. The lowest BCUT2D eigenvalue weighted by atomic mass is 10.2. The predicted molar refractivity (Wildman–Crippen MR) is 101 cm³/mol. The standard InChI is InChI=1S/C19H20ClN3O3/c1-26-17-5-3-2-4-13(17)11-21-19(25)22-15-10-18(24)23(12-15)16-8-6-14(20)7-9-16/h2-9,15H,10-12H2,1H3,(H2,21,22,25)/t15-/m1/s1. The number of rotatable bonds is 5. The van der Waals surface area contributed by atoms with Crippen LogP contribution in [0.5, 0.6) is 5.75 Å². The first-order valence-electron chi connectivity index (χ1n) is 8.29. The zero-order valence-electron chi connectivity index (χ0n) is 14.4. The lowest BCUT2D eigenvalue weighted by Crippen LogP contribution is -2.43. The Labute approximate surface area is 157 Å². The fraction of sp³-hybridized carbons (Fsp3) is 0.263. The Morgan fingerprint density at radius 3 is 2.69 bits per heavy atom. The van der Waals surface area contributed by atoms with E-state index in [0.717, 1.165) is 17.0 Å². The molecule has 7 heteroatoms. The second-order valence-corrected chi connectivity index (χ2v) is 6.46. The monoisotopic (exact) mass is 373 g/mol. The van der Waals surface area contributed by atoms with Crippen molar-refractivity contribution in [3.05, 3.63) is 59.1 Å². The van der Waals surface area contributed by atoms with Crippen molar-refractivity contribution >= 4 is 29.2 Å². The van der Waals surface area contributed by atoms with Gasteiger partial charge in [-0.3, -0.25) is 4.79 Å². The molecule has 3 rings (SSSR count). The first-order chi connectivity index (χ1) is 12.6. The molecule has 1 saturated heterocycles. The van der Waals surface area contributed by atoms with Gasteiger partial charge >= 0.3 is 6.03 Å². The van der Waals surface area contributed by atoms with Gasteiger partial charge in [0.05, 0.1) is 13.2 Å². The fourth-order valence-electron chi connectivity index (χ4n) is 2.94. The van der Waals surface area contributed by atoms with Gasteiger partial charge in [0.15, 0.2) is 0 Å². The summed E-state index contributed by atoms with van der Waals surface area (Å²) in [5, 5.41) is 6.27. The number of nitrogens with zero attached hydrogens (tertiary/aromatic N) is 1. The number of hydrogen-bond acceptors (Lipinski definition) is 3. The van der Waals surface area contributed by atoms with Crippen LogP contribution in [-0.2, 0) is 11.3 Å². The Hall–Kier alpha value is -2.73. The van der Waals surface area contributed by atoms with Crippen molar-refractivity contribution in [2.45, 2.75) is 19.0 Å². The lowest BCUT2D eigenvalue weighted by Gasteiger charge is -2.17. The smallest absolute Gasteiger partial charge is 0.315 e. The molecule has 1 fully saturated rings. The van der Waals surface area contributed by atoms with Gasteiger partial charge in [0, 0.05) is 35.8 Å². The molecule has 0 radical (unpaired) electrons. The van der Waals surface area contributed by atoms with Gasteiger partial charge in [0.1, 0.15) is 5.75 Å². The first-order valence-corrected chi connectivity index (χ1v) is 8.67. The third-order valence-corrected chi connectivity index (χ3v) is 4.48. The third-order valence-electron chi connectivity index (χ3n) is 4.23. The van der Waals surface area contributed by atoms with Crippen LogP contribution in [0.4, 0.5) is 10.5 Å². The largest absolute Gasteiger partial charge is 0.496 e. The highest BCUT2D eigenvalue weighted by molar-refractivity contribution is 6.30. The van der Waals surface area contributed by atoms with E-state index in [2.05, 4.69) is 10.6 Å². The number of methoxy groups -OCH3 is 1. The number of urea groups is 1. The number of hydrogen-bond donors (Lipinski definition) is 2. The number of para-hydroxylation sites is 1. The van der Waals surface area contributed by atoms with E-state index in [-0.39, 0.29) is 24.4 Å². The highest BCUT2D eigenvalue weighted by Gasteiger charge is 2.31. The van der Waals surface area contributed by atoms with Gasteiger partial charge in [-0.1, -0.05) is 29.8 Å². The molecule has 0 aromatic heterocycles. The molecule has 2 aromatic carbocycles.